The zero-order valence-corrected chi connectivity index (χ0v) is 17.5. The van der Waals surface area contributed by atoms with Crippen molar-refractivity contribution in [3.05, 3.63) is 78.0 Å². The fourth-order valence-electron chi connectivity index (χ4n) is 2.75. The third kappa shape index (κ3) is 5.53. The molecule has 0 saturated carbocycles. The fourth-order valence-corrected chi connectivity index (χ4v) is 3.91. The number of hydrogen-bond acceptors (Lipinski definition) is 5. The average Bonchev–Trinajstić information content (AvgIpc) is 2.74. The van der Waals surface area contributed by atoms with Gasteiger partial charge in [0, 0.05) is 25.5 Å². The highest BCUT2D eigenvalue weighted by atomic mass is 32.2. The van der Waals surface area contributed by atoms with Crippen LogP contribution in [0.15, 0.2) is 71.8 Å². The van der Waals surface area contributed by atoms with Crippen LogP contribution in [0.4, 0.5) is 24.7 Å². The van der Waals surface area contributed by atoms with E-state index in [-0.39, 0.29) is 17.3 Å². The molecule has 0 aliphatic carbocycles. The second-order valence-electron chi connectivity index (χ2n) is 6.69. The molecule has 0 unspecified atom stereocenters. The Morgan fingerprint density at radius 2 is 1.65 bits per heavy atom. The summed E-state index contributed by atoms with van der Waals surface area (Å²) in [6.07, 6.45) is -3.73. The molecule has 164 valence electrons. The lowest BCUT2D eigenvalue weighted by molar-refractivity contribution is -0.137. The molecule has 6 nitrogen and oxygen atoms in total. The number of methoxy groups -OCH3 is 1. The summed E-state index contributed by atoms with van der Waals surface area (Å²) < 4.78 is 69.8. The number of anilines is 2. The van der Waals surface area contributed by atoms with Crippen molar-refractivity contribution >= 4 is 21.5 Å². The SMILES string of the molecule is COc1ccc(CN(C)S(=O)(=O)c2ccc(Nc3ccc(C(F)(F)F)cn3)cc2)cc1. The van der Waals surface area contributed by atoms with Crippen molar-refractivity contribution in [3.8, 4) is 5.75 Å². The third-order valence-corrected chi connectivity index (χ3v) is 6.31. The largest absolute Gasteiger partial charge is 0.497 e. The predicted octanol–water partition coefficient (Wildman–Crippen LogP) is 4.67. The van der Waals surface area contributed by atoms with Crippen LogP contribution < -0.4 is 10.1 Å². The van der Waals surface area contributed by atoms with Gasteiger partial charge >= 0.3 is 6.18 Å². The van der Waals surface area contributed by atoms with Crippen LogP contribution in [0.5, 0.6) is 5.75 Å². The summed E-state index contributed by atoms with van der Waals surface area (Å²) in [5, 5.41) is 2.84. The van der Waals surface area contributed by atoms with Crippen molar-refractivity contribution in [2.45, 2.75) is 17.6 Å². The van der Waals surface area contributed by atoms with E-state index in [1.807, 2.05) is 0 Å². The van der Waals surface area contributed by atoms with E-state index in [0.717, 1.165) is 17.8 Å². The monoisotopic (exact) mass is 451 g/mol. The second kappa shape index (κ2) is 8.94. The summed E-state index contributed by atoms with van der Waals surface area (Å²) in [5.41, 5.74) is 0.446. The van der Waals surface area contributed by atoms with Gasteiger partial charge in [-0.15, -0.1) is 0 Å². The van der Waals surface area contributed by atoms with Gasteiger partial charge in [0.15, 0.2) is 0 Å². The van der Waals surface area contributed by atoms with Crippen molar-refractivity contribution in [1.29, 1.82) is 0 Å². The van der Waals surface area contributed by atoms with E-state index in [2.05, 4.69) is 10.3 Å². The number of aromatic nitrogens is 1. The van der Waals surface area contributed by atoms with Crippen LogP contribution in [0, 0.1) is 0 Å². The minimum absolute atomic E-state index is 0.0921. The minimum Gasteiger partial charge on any atom is -0.497 e. The molecule has 1 heterocycles. The topological polar surface area (TPSA) is 71.5 Å². The molecule has 0 aliphatic heterocycles. The first-order valence-electron chi connectivity index (χ1n) is 9.09. The summed E-state index contributed by atoms with van der Waals surface area (Å²) in [6, 6.07) is 15.1. The lowest BCUT2D eigenvalue weighted by Crippen LogP contribution is -2.26. The second-order valence-corrected chi connectivity index (χ2v) is 8.73. The number of nitrogens with zero attached hydrogens (tertiary/aromatic N) is 2. The van der Waals surface area contributed by atoms with Gasteiger partial charge in [0.2, 0.25) is 10.0 Å². The summed E-state index contributed by atoms with van der Waals surface area (Å²) in [4.78, 5) is 3.82. The number of pyridine rings is 1. The molecule has 3 rings (SSSR count). The van der Waals surface area contributed by atoms with E-state index in [4.69, 9.17) is 4.74 Å². The molecule has 10 heteroatoms. The molecule has 0 bridgehead atoms. The van der Waals surface area contributed by atoms with E-state index in [1.165, 1.54) is 41.7 Å². The van der Waals surface area contributed by atoms with Crippen molar-refractivity contribution in [2.24, 2.45) is 0 Å². The Morgan fingerprint density at radius 3 is 2.16 bits per heavy atom. The van der Waals surface area contributed by atoms with Gasteiger partial charge in [-0.25, -0.2) is 13.4 Å². The molecule has 0 radical (unpaired) electrons. The predicted molar refractivity (Wildman–Crippen MR) is 111 cm³/mol. The van der Waals surface area contributed by atoms with Crippen LogP contribution in [-0.2, 0) is 22.7 Å². The summed E-state index contributed by atoms with van der Waals surface area (Å²) in [5.74, 6) is 0.889. The molecule has 0 atom stereocenters. The molecule has 2 aromatic carbocycles. The van der Waals surface area contributed by atoms with Gasteiger partial charge in [-0.1, -0.05) is 12.1 Å². The molecule has 0 spiro atoms. The van der Waals surface area contributed by atoms with E-state index in [0.29, 0.717) is 11.4 Å². The molecule has 0 aliphatic rings. The highest BCUT2D eigenvalue weighted by Crippen LogP contribution is 2.29. The number of sulfonamides is 1. The van der Waals surface area contributed by atoms with Crippen LogP contribution in [0.1, 0.15) is 11.1 Å². The van der Waals surface area contributed by atoms with Gasteiger partial charge in [0.25, 0.3) is 0 Å². The maximum atomic E-state index is 12.8. The lowest BCUT2D eigenvalue weighted by Gasteiger charge is -2.18. The van der Waals surface area contributed by atoms with Crippen LogP contribution in [0.2, 0.25) is 0 Å². The Hall–Kier alpha value is -3.11. The van der Waals surface area contributed by atoms with Crippen LogP contribution in [-0.4, -0.2) is 31.9 Å². The number of alkyl halides is 3. The molecule has 31 heavy (non-hydrogen) atoms. The standard InChI is InChI=1S/C21H20F3N3O3S/c1-27(14-15-3-8-18(30-2)9-4-15)31(28,29)19-10-6-17(7-11-19)26-20-12-5-16(13-25-20)21(22,23)24/h3-13H,14H2,1-2H3,(H,25,26). The lowest BCUT2D eigenvalue weighted by atomic mass is 10.2. The summed E-state index contributed by atoms with van der Waals surface area (Å²) >= 11 is 0. The molecule has 3 aromatic rings. The Labute approximate surface area is 178 Å². The smallest absolute Gasteiger partial charge is 0.417 e. The van der Waals surface area contributed by atoms with Crippen LogP contribution in [0.25, 0.3) is 0 Å². The Morgan fingerprint density at radius 1 is 1.00 bits per heavy atom. The first-order chi connectivity index (χ1) is 14.6. The number of rotatable bonds is 7. The molecule has 0 fully saturated rings. The normalized spacial score (nSPS) is 12.1. The zero-order chi connectivity index (χ0) is 22.6. The van der Waals surface area contributed by atoms with Gasteiger partial charge in [-0.2, -0.15) is 17.5 Å². The van der Waals surface area contributed by atoms with Crippen molar-refractivity contribution < 1.29 is 26.3 Å². The maximum Gasteiger partial charge on any atom is 0.417 e. The van der Waals surface area contributed by atoms with Crippen molar-refractivity contribution in [3.63, 3.8) is 0 Å². The quantitative estimate of drug-likeness (QED) is 0.565. The molecular formula is C21H20F3N3O3S. The van der Waals surface area contributed by atoms with E-state index in [1.54, 1.807) is 31.4 Å². The fraction of sp³-hybridized carbons (Fsp3) is 0.190. The number of halogens is 3. The third-order valence-electron chi connectivity index (χ3n) is 4.49. The minimum atomic E-state index is -4.46. The maximum absolute atomic E-state index is 12.8. The number of ether oxygens (including phenoxy) is 1. The van der Waals surface area contributed by atoms with Gasteiger partial charge in [-0.3, -0.25) is 0 Å². The van der Waals surface area contributed by atoms with Crippen molar-refractivity contribution in [2.75, 3.05) is 19.5 Å². The van der Waals surface area contributed by atoms with E-state index < -0.39 is 21.8 Å². The number of benzene rings is 2. The average molecular weight is 451 g/mol. The van der Waals surface area contributed by atoms with E-state index >= 15 is 0 Å². The van der Waals surface area contributed by atoms with Gasteiger partial charge in [0.1, 0.15) is 11.6 Å². The van der Waals surface area contributed by atoms with Crippen molar-refractivity contribution in [1.82, 2.24) is 9.29 Å². The van der Waals surface area contributed by atoms with Crippen LogP contribution in [0.3, 0.4) is 0 Å². The molecule has 1 N–H and O–H groups in total. The van der Waals surface area contributed by atoms with E-state index in [9.17, 15) is 21.6 Å². The van der Waals surface area contributed by atoms with Gasteiger partial charge in [0.05, 0.1) is 17.6 Å². The Balaban J connectivity index is 1.68. The molecule has 0 saturated heterocycles. The molecule has 1 aromatic heterocycles. The van der Waals surface area contributed by atoms with Gasteiger partial charge in [-0.05, 0) is 54.1 Å². The summed E-state index contributed by atoms with van der Waals surface area (Å²) in [6.45, 7) is 0.182. The highest BCUT2D eigenvalue weighted by Gasteiger charge is 2.30. The first-order valence-corrected chi connectivity index (χ1v) is 10.5. The Kier molecular flexibility index (Phi) is 6.51. The zero-order valence-electron chi connectivity index (χ0n) is 16.7. The molecular weight excluding hydrogens is 431 g/mol. The number of hydrogen-bond donors (Lipinski definition) is 1. The van der Waals surface area contributed by atoms with Gasteiger partial charge < -0.3 is 10.1 Å². The number of nitrogens with one attached hydrogen (secondary N) is 1. The summed E-state index contributed by atoms with van der Waals surface area (Å²) in [7, 11) is -0.693. The highest BCUT2D eigenvalue weighted by molar-refractivity contribution is 7.89. The van der Waals surface area contributed by atoms with Crippen LogP contribution >= 0.6 is 0 Å². The molecule has 0 amide bonds. The first kappa shape index (κ1) is 22.6. The Bertz CT molecular complexity index is 1120.